The molecule has 0 aliphatic heterocycles. The molecule has 0 spiro atoms. The van der Waals surface area contributed by atoms with E-state index in [-0.39, 0.29) is 5.56 Å². The molecule has 1 saturated carbocycles. The van der Waals surface area contributed by atoms with Crippen molar-refractivity contribution < 1.29 is 9.47 Å². The minimum absolute atomic E-state index is 0.177. The molecule has 1 aromatic heterocycles. The third-order valence-electron chi connectivity index (χ3n) is 4.02. The summed E-state index contributed by atoms with van der Waals surface area (Å²) in [6.45, 7) is 5.11. The fourth-order valence-corrected chi connectivity index (χ4v) is 3.45. The molecule has 21 heavy (non-hydrogen) atoms. The van der Waals surface area contributed by atoms with Crippen molar-refractivity contribution in [3.63, 3.8) is 0 Å². The molecule has 0 amide bonds. The summed E-state index contributed by atoms with van der Waals surface area (Å²) in [5.74, 6) is 1.20. The molecule has 0 bridgehead atoms. The maximum absolute atomic E-state index is 12.2. The summed E-state index contributed by atoms with van der Waals surface area (Å²) in [6.07, 6.45) is 4.06. The standard InChI is InChI=1S/C15H23BrN2O3/c1-4-21-15(7-5-6-10(2)8-15)14-17-11(9-20-3)12(16)13(19)18-14/h10H,4-9H2,1-3H3,(H,17,18,19). The van der Waals surface area contributed by atoms with Crippen LogP contribution in [0.25, 0.3) is 0 Å². The molecule has 1 fully saturated rings. The van der Waals surface area contributed by atoms with Crippen molar-refractivity contribution in [2.24, 2.45) is 5.92 Å². The first-order valence-electron chi connectivity index (χ1n) is 7.44. The van der Waals surface area contributed by atoms with Crippen LogP contribution in [0.5, 0.6) is 0 Å². The van der Waals surface area contributed by atoms with Gasteiger partial charge in [-0.3, -0.25) is 4.79 Å². The van der Waals surface area contributed by atoms with Gasteiger partial charge in [-0.25, -0.2) is 4.98 Å². The van der Waals surface area contributed by atoms with Gasteiger partial charge in [-0.05, 0) is 48.0 Å². The predicted octanol–water partition coefficient (Wildman–Crippen LogP) is 3.12. The van der Waals surface area contributed by atoms with Crippen molar-refractivity contribution >= 4 is 15.9 Å². The molecule has 1 aliphatic rings. The summed E-state index contributed by atoms with van der Waals surface area (Å²) < 4.78 is 11.6. The van der Waals surface area contributed by atoms with Crippen LogP contribution in [0.1, 0.15) is 51.0 Å². The Labute approximate surface area is 133 Å². The van der Waals surface area contributed by atoms with Gasteiger partial charge in [-0.2, -0.15) is 0 Å². The minimum Gasteiger partial charge on any atom is -0.378 e. The lowest BCUT2D eigenvalue weighted by molar-refractivity contribution is -0.0885. The molecule has 1 aliphatic carbocycles. The number of nitrogens with one attached hydrogen (secondary N) is 1. The second-order valence-corrected chi connectivity index (χ2v) is 6.53. The molecule has 118 valence electrons. The maximum Gasteiger partial charge on any atom is 0.265 e. The Morgan fingerprint density at radius 2 is 2.29 bits per heavy atom. The molecule has 0 aromatic carbocycles. The van der Waals surface area contributed by atoms with Crippen molar-refractivity contribution in [3.05, 3.63) is 26.3 Å². The van der Waals surface area contributed by atoms with E-state index in [0.717, 1.165) is 19.3 Å². The number of hydrogen-bond donors (Lipinski definition) is 1. The molecule has 2 unspecified atom stereocenters. The lowest BCUT2D eigenvalue weighted by atomic mass is 9.78. The second-order valence-electron chi connectivity index (χ2n) is 5.74. The van der Waals surface area contributed by atoms with Crippen LogP contribution in [-0.4, -0.2) is 23.7 Å². The Bertz CT molecular complexity index is 542. The van der Waals surface area contributed by atoms with Gasteiger partial charge in [-0.1, -0.05) is 13.3 Å². The van der Waals surface area contributed by atoms with E-state index in [1.165, 1.54) is 6.42 Å². The lowest BCUT2D eigenvalue weighted by Gasteiger charge is -2.38. The van der Waals surface area contributed by atoms with Crippen molar-refractivity contribution in [2.45, 2.75) is 51.7 Å². The van der Waals surface area contributed by atoms with Gasteiger partial charge in [0.1, 0.15) is 15.9 Å². The third-order valence-corrected chi connectivity index (χ3v) is 4.84. The maximum atomic E-state index is 12.2. The smallest absolute Gasteiger partial charge is 0.265 e. The van der Waals surface area contributed by atoms with Crippen LogP contribution in [0, 0.1) is 5.92 Å². The summed E-state index contributed by atoms with van der Waals surface area (Å²) in [5, 5.41) is 0. The van der Waals surface area contributed by atoms with Crippen molar-refractivity contribution in [3.8, 4) is 0 Å². The summed E-state index contributed by atoms with van der Waals surface area (Å²) in [4.78, 5) is 19.7. The molecule has 5 nitrogen and oxygen atoms in total. The van der Waals surface area contributed by atoms with Crippen LogP contribution in [0.2, 0.25) is 0 Å². The number of methoxy groups -OCH3 is 1. The predicted molar refractivity (Wildman–Crippen MR) is 84.2 cm³/mol. The van der Waals surface area contributed by atoms with Crippen molar-refractivity contribution in [2.75, 3.05) is 13.7 Å². The Morgan fingerprint density at radius 1 is 1.52 bits per heavy atom. The zero-order valence-electron chi connectivity index (χ0n) is 12.9. The van der Waals surface area contributed by atoms with E-state index in [2.05, 4.69) is 32.8 Å². The quantitative estimate of drug-likeness (QED) is 0.877. The minimum atomic E-state index is -0.477. The highest BCUT2D eigenvalue weighted by atomic mass is 79.9. The number of rotatable bonds is 5. The largest absolute Gasteiger partial charge is 0.378 e. The highest BCUT2D eigenvalue weighted by Gasteiger charge is 2.40. The highest BCUT2D eigenvalue weighted by Crippen LogP contribution is 2.41. The summed E-state index contributed by atoms with van der Waals surface area (Å²) in [5.41, 5.74) is -0.0349. The van der Waals surface area contributed by atoms with Gasteiger partial charge in [0.2, 0.25) is 0 Å². The number of hydrogen-bond acceptors (Lipinski definition) is 4. The van der Waals surface area contributed by atoms with E-state index in [0.29, 0.717) is 35.1 Å². The molecule has 0 saturated heterocycles. The SMILES string of the molecule is CCOC1(c2nc(COC)c(Br)c(=O)[nH]2)CCCC(C)C1. The van der Waals surface area contributed by atoms with E-state index in [9.17, 15) is 4.79 Å². The van der Waals surface area contributed by atoms with Crippen LogP contribution < -0.4 is 5.56 Å². The van der Waals surface area contributed by atoms with Crippen LogP contribution in [0.4, 0.5) is 0 Å². The van der Waals surface area contributed by atoms with Crippen molar-refractivity contribution in [1.29, 1.82) is 0 Å². The number of nitrogens with zero attached hydrogens (tertiary/aromatic N) is 1. The van der Waals surface area contributed by atoms with Gasteiger partial charge in [0.05, 0.1) is 12.3 Å². The Kier molecular flexibility index (Phi) is 5.57. The first-order valence-corrected chi connectivity index (χ1v) is 8.23. The molecular formula is C15H23BrN2O3. The number of aromatic amines is 1. The number of H-pyrrole nitrogens is 1. The zero-order valence-corrected chi connectivity index (χ0v) is 14.5. The summed E-state index contributed by atoms with van der Waals surface area (Å²) in [6, 6.07) is 0. The number of ether oxygens (including phenoxy) is 2. The van der Waals surface area contributed by atoms with E-state index >= 15 is 0 Å². The van der Waals surface area contributed by atoms with Crippen molar-refractivity contribution in [1.82, 2.24) is 9.97 Å². The summed E-state index contributed by atoms with van der Waals surface area (Å²) in [7, 11) is 1.59. The Morgan fingerprint density at radius 3 is 2.90 bits per heavy atom. The molecule has 1 heterocycles. The fraction of sp³-hybridized carbons (Fsp3) is 0.733. The van der Waals surface area contributed by atoms with Gasteiger partial charge in [-0.15, -0.1) is 0 Å². The average Bonchev–Trinajstić information content (AvgIpc) is 2.44. The molecule has 0 radical (unpaired) electrons. The topological polar surface area (TPSA) is 64.2 Å². The van der Waals surface area contributed by atoms with Gasteiger partial charge in [0.25, 0.3) is 5.56 Å². The monoisotopic (exact) mass is 358 g/mol. The van der Waals surface area contributed by atoms with Gasteiger partial charge in [0.15, 0.2) is 0 Å². The van der Waals surface area contributed by atoms with E-state index < -0.39 is 5.60 Å². The van der Waals surface area contributed by atoms with E-state index in [1.807, 2.05) is 6.92 Å². The van der Waals surface area contributed by atoms with Gasteiger partial charge in [0, 0.05) is 13.7 Å². The first kappa shape index (κ1) is 16.6. The van der Waals surface area contributed by atoms with E-state index in [4.69, 9.17) is 9.47 Å². The lowest BCUT2D eigenvalue weighted by Crippen LogP contribution is -2.39. The molecule has 1 aromatic rings. The first-order chi connectivity index (χ1) is 10.0. The second kappa shape index (κ2) is 7.03. The number of halogens is 1. The van der Waals surface area contributed by atoms with Crippen LogP contribution in [0.3, 0.4) is 0 Å². The number of aromatic nitrogens is 2. The molecule has 6 heteroatoms. The molecule has 2 atom stereocenters. The molecule has 1 N–H and O–H groups in total. The summed E-state index contributed by atoms with van der Waals surface area (Å²) >= 11 is 3.28. The Hall–Kier alpha value is -0.720. The highest BCUT2D eigenvalue weighted by molar-refractivity contribution is 9.10. The van der Waals surface area contributed by atoms with Crippen LogP contribution in [-0.2, 0) is 21.7 Å². The third kappa shape index (κ3) is 3.55. The van der Waals surface area contributed by atoms with Crippen LogP contribution in [0.15, 0.2) is 9.27 Å². The van der Waals surface area contributed by atoms with Gasteiger partial charge >= 0.3 is 0 Å². The van der Waals surface area contributed by atoms with Crippen LogP contribution >= 0.6 is 15.9 Å². The zero-order chi connectivity index (χ0) is 15.5. The fourth-order valence-electron chi connectivity index (χ4n) is 3.15. The molecule has 2 rings (SSSR count). The molecular weight excluding hydrogens is 336 g/mol. The average molecular weight is 359 g/mol. The van der Waals surface area contributed by atoms with E-state index in [1.54, 1.807) is 7.11 Å². The normalized spacial score (nSPS) is 26.0. The Balaban J connectivity index is 2.47. The van der Waals surface area contributed by atoms with Gasteiger partial charge < -0.3 is 14.5 Å².